The molecule has 7 aromatic rings. The van der Waals surface area contributed by atoms with Crippen molar-refractivity contribution >= 4 is 39.9 Å². The van der Waals surface area contributed by atoms with Crippen molar-refractivity contribution in [2.75, 3.05) is 0 Å². The molecule has 0 aliphatic rings. The van der Waals surface area contributed by atoms with Gasteiger partial charge in [-0.25, -0.2) is 0 Å². The summed E-state index contributed by atoms with van der Waals surface area (Å²) >= 11 is 1.81. The third-order valence-electron chi connectivity index (χ3n) is 6.95. The average Bonchev–Trinajstić information content (AvgIpc) is 3.55. The fraction of sp³-hybridized carbons (Fsp3) is 0.0526. The van der Waals surface area contributed by atoms with Gasteiger partial charge in [0.1, 0.15) is 0 Å². The minimum atomic E-state index is 0. The molecule has 0 bridgehead atoms. The fourth-order valence-electron chi connectivity index (χ4n) is 5.33. The third-order valence-corrected chi connectivity index (χ3v) is 6.95. The predicted molar refractivity (Wildman–Crippen MR) is 176 cm³/mol. The third kappa shape index (κ3) is 6.45. The number of benzene rings is 5. The van der Waals surface area contributed by atoms with Crippen LogP contribution in [-0.4, -0.2) is 7.63 Å². The molecular weight excluding hydrogens is 532 g/mol. The Morgan fingerprint density at radius 1 is 0.475 bits per heavy atom. The van der Waals surface area contributed by atoms with Crippen LogP contribution in [0.4, 0.5) is 0 Å². The zero-order valence-corrected chi connectivity index (χ0v) is 26.3. The van der Waals surface area contributed by atoms with Crippen LogP contribution in [0.2, 0.25) is 0 Å². The van der Waals surface area contributed by atoms with Crippen molar-refractivity contribution in [3.63, 3.8) is 0 Å². The summed E-state index contributed by atoms with van der Waals surface area (Å²) in [4.78, 5) is 0. The van der Waals surface area contributed by atoms with Gasteiger partial charge in [-0.1, -0.05) is 110 Å². The Balaban J connectivity index is 0.000000202. The number of aryl methyl sites for hydroxylation is 2. The van der Waals surface area contributed by atoms with E-state index in [2.05, 4.69) is 155 Å². The summed E-state index contributed by atoms with van der Waals surface area (Å²) < 4.78 is 0. The first-order valence-electron chi connectivity index (χ1n) is 12.8. The first kappa shape index (κ1) is 31.0. The van der Waals surface area contributed by atoms with Crippen molar-refractivity contribution < 1.29 is 19.2 Å². The van der Waals surface area contributed by atoms with Gasteiger partial charge in [0.2, 0.25) is 0 Å². The Kier molecular flexibility index (Phi) is 11.0. The van der Waals surface area contributed by atoms with Crippen molar-refractivity contribution in [2.24, 2.45) is 0 Å². The molecule has 0 heterocycles. The van der Waals surface area contributed by atoms with Crippen molar-refractivity contribution in [1.82, 2.24) is 0 Å². The van der Waals surface area contributed by atoms with Gasteiger partial charge >= 0.3 is 26.8 Å². The van der Waals surface area contributed by atoms with E-state index in [1.165, 1.54) is 65.7 Å². The average molecular weight is 567 g/mol. The van der Waals surface area contributed by atoms with Crippen LogP contribution >= 0.6 is 0 Å². The van der Waals surface area contributed by atoms with Crippen LogP contribution in [0.3, 0.4) is 0 Å². The number of rotatable bonds is 2. The maximum atomic E-state index is 2.97. The van der Waals surface area contributed by atoms with Gasteiger partial charge in [0, 0.05) is 0 Å². The molecule has 0 amide bonds. The quantitative estimate of drug-likeness (QED) is 0.144. The zero-order chi connectivity index (χ0) is 26.5. The standard InChI is InChI=1S/C20H15.C16H13.2CH3.Si.Ti/c1-14-12-16-8-5-11-19(20(16)13-14)18-10-4-7-15-6-2-3-9-17(15)18;1-12-10-14-8-5-9-15(16(14)11-12)13-6-3-2-4-7-13;;;;/h2-13H,1H3;2-11H,1H3;2*1H3;;/q4*-1;;. The number of hydrogen-bond donors (Lipinski definition) is 0. The van der Waals surface area contributed by atoms with E-state index >= 15 is 0 Å². The molecule has 0 N–H and O–H groups in total. The molecule has 0 spiro atoms. The summed E-state index contributed by atoms with van der Waals surface area (Å²) in [7, 11) is 2.97. The normalized spacial score (nSPS) is 10.0. The van der Waals surface area contributed by atoms with Gasteiger partial charge in [-0.3, -0.25) is 0 Å². The predicted octanol–water partition coefficient (Wildman–Crippen LogP) is 10.7. The SMILES string of the molecule is Cc1cc2c(-c3cccc4ccccc34)cccc2[cH-]1.Cc1cc2c(-c3ccccc3)cccc2[cH-]1.[CH3-].[CH3-].[Si]=[Ti]. The van der Waals surface area contributed by atoms with Crippen molar-refractivity contribution in [3.05, 3.63) is 159 Å². The number of hydrogen-bond acceptors (Lipinski definition) is 0. The van der Waals surface area contributed by atoms with Crippen LogP contribution in [-0.2, 0) is 19.2 Å². The molecule has 2 heteroatoms. The van der Waals surface area contributed by atoms with Crippen LogP contribution in [0.25, 0.3) is 54.6 Å². The van der Waals surface area contributed by atoms with Gasteiger partial charge in [-0.15, -0.1) is 69.1 Å². The maximum absolute atomic E-state index is 2.97. The molecule has 0 fully saturated rings. The summed E-state index contributed by atoms with van der Waals surface area (Å²) in [5.41, 5.74) is 7.92. The van der Waals surface area contributed by atoms with Gasteiger partial charge in [-0.2, -0.15) is 12.1 Å². The van der Waals surface area contributed by atoms with E-state index in [1.807, 2.05) is 0 Å². The van der Waals surface area contributed by atoms with Gasteiger partial charge in [-0.05, 0) is 21.9 Å². The van der Waals surface area contributed by atoms with Crippen molar-refractivity contribution in [1.29, 1.82) is 0 Å². The summed E-state index contributed by atoms with van der Waals surface area (Å²) in [6.45, 7) is 4.31. The molecule has 0 nitrogen and oxygen atoms in total. The molecule has 198 valence electrons. The number of fused-ring (bicyclic) bond motifs is 3. The summed E-state index contributed by atoms with van der Waals surface area (Å²) in [5, 5.41) is 7.98. The van der Waals surface area contributed by atoms with Crippen molar-refractivity contribution in [2.45, 2.75) is 13.8 Å². The molecule has 2 radical (unpaired) electrons. The van der Waals surface area contributed by atoms with Crippen LogP contribution < -0.4 is 0 Å². The Morgan fingerprint density at radius 2 is 0.925 bits per heavy atom. The molecule has 0 aliphatic heterocycles. The van der Waals surface area contributed by atoms with Crippen molar-refractivity contribution in [3.8, 4) is 22.3 Å². The van der Waals surface area contributed by atoms with E-state index in [-0.39, 0.29) is 14.9 Å². The first-order chi connectivity index (χ1) is 18.7. The van der Waals surface area contributed by atoms with Gasteiger partial charge < -0.3 is 14.9 Å². The Bertz CT molecular complexity index is 1820. The summed E-state index contributed by atoms with van der Waals surface area (Å²) in [6.07, 6.45) is 0. The zero-order valence-electron chi connectivity index (χ0n) is 23.7. The molecule has 0 aromatic heterocycles. The molecule has 0 saturated heterocycles. The van der Waals surface area contributed by atoms with Crippen LogP contribution in [0.15, 0.2) is 133 Å². The molecule has 0 saturated carbocycles. The second kappa shape index (κ2) is 14.2. The molecule has 7 rings (SSSR count). The van der Waals surface area contributed by atoms with Gasteiger partial charge in [0.15, 0.2) is 0 Å². The molecule has 0 aliphatic carbocycles. The summed E-state index contributed by atoms with van der Waals surface area (Å²) in [5.74, 6) is 0. The molecule has 7 aromatic carbocycles. The topological polar surface area (TPSA) is 0 Å². The van der Waals surface area contributed by atoms with E-state index < -0.39 is 0 Å². The van der Waals surface area contributed by atoms with Crippen LogP contribution in [0.1, 0.15) is 11.1 Å². The van der Waals surface area contributed by atoms with Crippen LogP contribution in [0.5, 0.6) is 0 Å². The van der Waals surface area contributed by atoms with E-state index in [1.54, 1.807) is 19.2 Å². The Morgan fingerprint density at radius 3 is 1.55 bits per heavy atom. The van der Waals surface area contributed by atoms with Gasteiger partial charge in [0.05, 0.1) is 0 Å². The van der Waals surface area contributed by atoms with E-state index in [0.29, 0.717) is 0 Å². The molecule has 0 unspecified atom stereocenters. The Hall–Kier alpha value is -3.49. The second-order valence-electron chi connectivity index (χ2n) is 9.58. The molecule has 40 heavy (non-hydrogen) atoms. The second-order valence-corrected chi connectivity index (χ2v) is 9.58. The first-order valence-corrected chi connectivity index (χ1v) is 15.6. The van der Waals surface area contributed by atoms with Crippen LogP contribution in [0, 0.1) is 28.7 Å². The summed E-state index contributed by atoms with van der Waals surface area (Å²) in [6, 6.07) is 47.8. The molecular formula is C38H34SiTi-4. The minimum absolute atomic E-state index is 0. The molecule has 0 atom stereocenters. The van der Waals surface area contributed by atoms with E-state index in [9.17, 15) is 0 Å². The van der Waals surface area contributed by atoms with Gasteiger partial charge in [0.25, 0.3) is 0 Å². The van der Waals surface area contributed by atoms with E-state index in [0.717, 1.165) is 0 Å². The fourth-order valence-corrected chi connectivity index (χ4v) is 5.33. The monoisotopic (exact) mass is 566 g/mol. The van der Waals surface area contributed by atoms with E-state index in [4.69, 9.17) is 0 Å². The Labute approximate surface area is 253 Å².